The number of benzene rings is 1. The molecule has 0 fully saturated rings. The van der Waals surface area contributed by atoms with Gasteiger partial charge >= 0.3 is 5.97 Å². The molecular weight excluding hydrogens is 244 g/mol. The summed E-state index contributed by atoms with van der Waals surface area (Å²) in [5.74, 6) is -0.405. The Morgan fingerprint density at radius 1 is 1.37 bits per heavy atom. The standard InChI is InChI=1S/C15H20O4/c1-18-15(17)10-9-14(8-5-11-16)19-12-13-6-3-2-4-7-13/h2-4,6-7,9-10,14,16H,5,8,11-12H2,1H3/b10-9+. The molecule has 0 aliphatic heterocycles. The lowest BCUT2D eigenvalue weighted by Gasteiger charge is -2.13. The summed E-state index contributed by atoms with van der Waals surface area (Å²) in [7, 11) is 1.33. The van der Waals surface area contributed by atoms with Crippen molar-refractivity contribution < 1.29 is 19.4 Å². The molecule has 0 bridgehead atoms. The number of hydrogen-bond acceptors (Lipinski definition) is 4. The van der Waals surface area contributed by atoms with E-state index >= 15 is 0 Å². The molecule has 0 amide bonds. The fourth-order valence-corrected chi connectivity index (χ4v) is 1.56. The molecule has 0 aliphatic rings. The Hall–Kier alpha value is -1.65. The molecule has 0 heterocycles. The second-order valence-electron chi connectivity index (χ2n) is 4.08. The van der Waals surface area contributed by atoms with Crippen LogP contribution in [0.25, 0.3) is 0 Å². The van der Waals surface area contributed by atoms with Crippen LogP contribution in [0, 0.1) is 0 Å². The van der Waals surface area contributed by atoms with Crippen molar-refractivity contribution >= 4 is 5.97 Å². The first-order valence-corrected chi connectivity index (χ1v) is 6.28. The molecule has 1 aromatic carbocycles. The van der Waals surface area contributed by atoms with Gasteiger partial charge in [-0.2, -0.15) is 0 Å². The van der Waals surface area contributed by atoms with Gasteiger partial charge in [0.2, 0.25) is 0 Å². The zero-order valence-corrected chi connectivity index (χ0v) is 11.1. The molecular formula is C15H20O4. The quantitative estimate of drug-likeness (QED) is 0.577. The number of rotatable bonds is 8. The SMILES string of the molecule is COC(=O)/C=C/C(CCCO)OCc1ccccc1. The highest BCUT2D eigenvalue weighted by Crippen LogP contribution is 2.09. The van der Waals surface area contributed by atoms with E-state index in [0.29, 0.717) is 19.4 Å². The van der Waals surface area contributed by atoms with E-state index in [1.54, 1.807) is 6.08 Å². The van der Waals surface area contributed by atoms with Crippen molar-refractivity contribution in [2.75, 3.05) is 13.7 Å². The second kappa shape index (κ2) is 9.30. The number of aliphatic hydroxyl groups excluding tert-OH is 1. The Labute approximate surface area is 113 Å². The van der Waals surface area contributed by atoms with E-state index in [9.17, 15) is 4.79 Å². The van der Waals surface area contributed by atoms with E-state index in [1.807, 2.05) is 30.3 Å². The molecule has 0 aromatic heterocycles. The largest absolute Gasteiger partial charge is 0.466 e. The number of hydrogen-bond donors (Lipinski definition) is 1. The van der Waals surface area contributed by atoms with Gasteiger partial charge in [0.25, 0.3) is 0 Å². The Bertz CT molecular complexity index is 386. The summed E-state index contributed by atoms with van der Waals surface area (Å²) in [4.78, 5) is 11.1. The number of carbonyl (C=O) groups excluding carboxylic acids is 1. The topological polar surface area (TPSA) is 55.8 Å². The first kappa shape index (κ1) is 15.4. The van der Waals surface area contributed by atoms with Gasteiger partial charge < -0.3 is 14.6 Å². The summed E-state index contributed by atoms with van der Waals surface area (Å²) in [6.45, 7) is 0.583. The van der Waals surface area contributed by atoms with Crippen LogP contribution in [-0.4, -0.2) is 30.9 Å². The van der Waals surface area contributed by atoms with Gasteiger partial charge in [0.05, 0.1) is 19.8 Å². The van der Waals surface area contributed by atoms with Gasteiger partial charge in [-0.25, -0.2) is 4.79 Å². The number of esters is 1. The van der Waals surface area contributed by atoms with Crippen molar-refractivity contribution in [2.24, 2.45) is 0 Å². The summed E-state index contributed by atoms with van der Waals surface area (Å²) in [6.07, 6.45) is 4.12. The van der Waals surface area contributed by atoms with Crippen molar-refractivity contribution in [1.29, 1.82) is 0 Å². The summed E-state index contributed by atoms with van der Waals surface area (Å²) < 4.78 is 10.3. The monoisotopic (exact) mass is 264 g/mol. The van der Waals surface area contributed by atoms with E-state index in [1.165, 1.54) is 13.2 Å². The molecule has 19 heavy (non-hydrogen) atoms. The van der Waals surface area contributed by atoms with Crippen LogP contribution < -0.4 is 0 Å². The van der Waals surface area contributed by atoms with E-state index in [4.69, 9.17) is 9.84 Å². The molecule has 1 atom stereocenters. The second-order valence-corrected chi connectivity index (χ2v) is 4.08. The van der Waals surface area contributed by atoms with Crippen LogP contribution in [0.15, 0.2) is 42.5 Å². The maximum Gasteiger partial charge on any atom is 0.330 e. The van der Waals surface area contributed by atoms with Crippen LogP contribution in [0.3, 0.4) is 0 Å². The molecule has 0 aliphatic carbocycles. The van der Waals surface area contributed by atoms with E-state index in [-0.39, 0.29) is 12.7 Å². The minimum atomic E-state index is -0.405. The molecule has 1 unspecified atom stereocenters. The summed E-state index contributed by atoms with van der Waals surface area (Å²) in [5, 5.41) is 8.85. The molecule has 0 saturated carbocycles. The Balaban J connectivity index is 2.49. The van der Waals surface area contributed by atoms with E-state index < -0.39 is 5.97 Å². The Morgan fingerprint density at radius 2 is 2.11 bits per heavy atom. The predicted octanol–water partition coefficient (Wildman–Crippen LogP) is 2.07. The average molecular weight is 264 g/mol. The van der Waals surface area contributed by atoms with Gasteiger partial charge in [0.1, 0.15) is 0 Å². The summed E-state index contributed by atoms with van der Waals surface area (Å²) in [6, 6.07) is 9.81. The van der Waals surface area contributed by atoms with Crippen LogP contribution in [-0.2, 0) is 20.9 Å². The minimum absolute atomic E-state index is 0.108. The lowest BCUT2D eigenvalue weighted by atomic mass is 10.2. The zero-order chi connectivity index (χ0) is 13.9. The molecule has 4 heteroatoms. The molecule has 1 aromatic rings. The predicted molar refractivity (Wildman–Crippen MR) is 72.5 cm³/mol. The molecule has 1 N–H and O–H groups in total. The molecule has 0 radical (unpaired) electrons. The van der Waals surface area contributed by atoms with Crippen molar-refractivity contribution in [3.8, 4) is 0 Å². The first-order valence-electron chi connectivity index (χ1n) is 6.28. The molecule has 0 spiro atoms. The Kier molecular flexibility index (Phi) is 7.54. The number of aliphatic hydroxyl groups is 1. The van der Waals surface area contributed by atoms with Gasteiger partial charge in [-0.3, -0.25) is 0 Å². The van der Waals surface area contributed by atoms with Crippen molar-refractivity contribution in [1.82, 2.24) is 0 Å². The zero-order valence-electron chi connectivity index (χ0n) is 11.1. The highest BCUT2D eigenvalue weighted by molar-refractivity contribution is 5.81. The van der Waals surface area contributed by atoms with Gasteiger partial charge in [-0.15, -0.1) is 0 Å². The van der Waals surface area contributed by atoms with Gasteiger partial charge in [-0.1, -0.05) is 30.3 Å². The van der Waals surface area contributed by atoms with Crippen LogP contribution in [0.5, 0.6) is 0 Å². The highest BCUT2D eigenvalue weighted by Gasteiger charge is 2.06. The van der Waals surface area contributed by atoms with Crippen molar-refractivity contribution in [2.45, 2.75) is 25.6 Å². The van der Waals surface area contributed by atoms with Crippen LogP contribution in [0.2, 0.25) is 0 Å². The third-order valence-corrected chi connectivity index (χ3v) is 2.60. The fourth-order valence-electron chi connectivity index (χ4n) is 1.56. The smallest absolute Gasteiger partial charge is 0.330 e. The number of methoxy groups -OCH3 is 1. The molecule has 1 rings (SSSR count). The van der Waals surface area contributed by atoms with Gasteiger partial charge in [0.15, 0.2) is 0 Å². The molecule has 104 valence electrons. The highest BCUT2D eigenvalue weighted by atomic mass is 16.5. The summed E-state index contributed by atoms with van der Waals surface area (Å²) >= 11 is 0. The van der Waals surface area contributed by atoms with Gasteiger partial charge in [-0.05, 0) is 24.5 Å². The average Bonchev–Trinajstić information content (AvgIpc) is 2.47. The van der Waals surface area contributed by atoms with Crippen LogP contribution in [0.1, 0.15) is 18.4 Å². The third kappa shape index (κ3) is 6.74. The van der Waals surface area contributed by atoms with Gasteiger partial charge in [0, 0.05) is 12.7 Å². The fraction of sp³-hybridized carbons (Fsp3) is 0.400. The molecule has 4 nitrogen and oxygen atoms in total. The Morgan fingerprint density at radius 3 is 2.74 bits per heavy atom. The number of ether oxygens (including phenoxy) is 2. The lowest BCUT2D eigenvalue weighted by molar-refractivity contribution is -0.134. The maximum atomic E-state index is 11.1. The number of carbonyl (C=O) groups is 1. The first-order chi connectivity index (χ1) is 9.26. The van der Waals surface area contributed by atoms with Crippen molar-refractivity contribution in [3.63, 3.8) is 0 Å². The lowest BCUT2D eigenvalue weighted by Crippen LogP contribution is -2.11. The van der Waals surface area contributed by atoms with Crippen molar-refractivity contribution in [3.05, 3.63) is 48.0 Å². The minimum Gasteiger partial charge on any atom is -0.466 e. The van der Waals surface area contributed by atoms with E-state index in [0.717, 1.165) is 5.56 Å². The third-order valence-electron chi connectivity index (χ3n) is 2.60. The van der Waals surface area contributed by atoms with Crippen LogP contribution >= 0.6 is 0 Å². The normalized spacial score (nSPS) is 12.5. The van der Waals surface area contributed by atoms with E-state index in [2.05, 4.69) is 4.74 Å². The van der Waals surface area contributed by atoms with Crippen LogP contribution in [0.4, 0.5) is 0 Å². The summed E-state index contributed by atoms with van der Waals surface area (Å²) in [5.41, 5.74) is 1.07. The molecule has 0 saturated heterocycles. The maximum absolute atomic E-state index is 11.1.